The van der Waals surface area contributed by atoms with Gasteiger partial charge in [0, 0.05) is 18.2 Å². The minimum Gasteiger partial charge on any atom is -0.389 e. The molecule has 0 spiro atoms. The van der Waals surface area contributed by atoms with Crippen molar-refractivity contribution in [3.8, 4) is 0 Å². The molecular formula is C11H13ClN2O4. The van der Waals surface area contributed by atoms with Crippen LogP contribution in [0.25, 0.3) is 0 Å². The van der Waals surface area contributed by atoms with Crippen molar-refractivity contribution >= 4 is 23.2 Å². The van der Waals surface area contributed by atoms with E-state index in [9.17, 15) is 20.0 Å². The van der Waals surface area contributed by atoms with E-state index in [1.165, 1.54) is 26.0 Å². The number of nitro benzene ring substituents is 1. The lowest BCUT2D eigenvalue weighted by molar-refractivity contribution is -0.384. The molecule has 1 rings (SSSR count). The maximum Gasteiger partial charge on any atom is 0.288 e. The van der Waals surface area contributed by atoms with E-state index >= 15 is 0 Å². The number of hydrogen-bond acceptors (Lipinski definition) is 4. The first-order valence-electron chi connectivity index (χ1n) is 5.15. The summed E-state index contributed by atoms with van der Waals surface area (Å²) in [6.45, 7) is 3.12. The molecule has 98 valence electrons. The van der Waals surface area contributed by atoms with Crippen molar-refractivity contribution in [2.24, 2.45) is 0 Å². The molecule has 6 nitrogen and oxygen atoms in total. The van der Waals surface area contributed by atoms with Gasteiger partial charge in [0.25, 0.3) is 11.6 Å². The normalized spacial score (nSPS) is 11.1. The fourth-order valence-electron chi connectivity index (χ4n) is 1.19. The summed E-state index contributed by atoms with van der Waals surface area (Å²) in [6, 6.07) is 3.77. The maximum atomic E-state index is 11.7. The first-order valence-corrected chi connectivity index (χ1v) is 5.53. The Morgan fingerprint density at radius 2 is 2.17 bits per heavy atom. The van der Waals surface area contributed by atoms with E-state index in [0.717, 1.165) is 6.07 Å². The summed E-state index contributed by atoms with van der Waals surface area (Å²) in [6.07, 6.45) is 0. The number of benzene rings is 1. The second-order valence-corrected chi connectivity index (χ2v) is 4.83. The number of amides is 1. The Kier molecular flexibility index (Phi) is 4.26. The Hall–Kier alpha value is -1.66. The molecule has 1 amide bonds. The molecule has 0 atom stereocenters. The fourth-order valence-corrected chi connectivity index (χ4v) is 1.38. The lowest BCUT2D eigenvalue weighted by atomic mass is 10.1. The van der Waals surface area contributed by atoms with Gasteiger partial charge in [-0.25, -0.2) is 0 Å². The third-order valence-corrected chi connectivity index (χ3v) is 2.41. The number of carbonyl (C=O) groups is 1. The van der Waals surface area contributed by atoms with E-state index in [1.54, 1.807) is 0 Å². The van der Waals surface area contributed by atoms with Crippen molar-refractivity contribution in [3.05, 3.63) is 38.9 Å². The van der Waals surface area contributed by atoms with Gasteiger partial charge in [-0.05, 0) is 26.0 Å². The highest BCUT2D eigenvalue weighted by Crippen LogP contribution is 2.24. The van der Waals surface area contributed by atoms with E-state index in [4.69, 9.17) is 11.6 Å². The lowest BCUT2D eigenvalue weighted by Crippen LogP contribution is -2.38. The van der Waals surface area contributed by atoms with Gasteiger partial charge in [-0.2, -0.15) is 0 Å². The quantitative estimate of drug-likeness (QED) is 0.645. The Bertz CT molecular complexity index is 482. The highest BCUT2D eigenvalue weighted by atomic mass is 35.5. The average Bonchev–Trinajstić information content (AvgIpc) is 2.25. The summed E-state index contributed by atoms with van der Waals surface area (Å²) < 4.78 is 0. The van der Waals surface area contributed by atoms with Crippen LogP contribution in [0.3, 0.4) is 0 Å². The summed E-state index contributed by atoms with van der Waals surface area (Å²) in [5, 5.41) is 22.6. The molecule has 0 bridgehead atoms. The molecule has 0 saturated carbocycles. The van der Waals surface area contributed by atoms with E-state index < -0.39 is 16.4 Å². The monoisotopic (exact) mass is 272 g/mol. The molecule has 0 aliphatic carbocycles. The number of nitro groups is 1. The number of aliphatic hydroxyl groups is 1. The van der Waals surface area contributed by atoms with Crippen LogP contribution in [0.5, 0.6) is 0 Å². The van der Waals surface area contributed by atoms with Crippen molar-refractivity contribution < 1.29 is 14.8 Å². The maximum absolute atomic E-state index is 11.7. The highest BCUT2D eigenvalue weighted by Gasteiger charge is 2.18. The number of hydrogen-bond donors (Lipinski definition) is 2. The number of nitrogens with one attached hydrogen (secondary N) is 1. The second kappa shape index (κ2) is 5.32. The summed E-state index contributed by atoms with van der Waals surface area (Å²) >= 11 is 5.63. The van der Waals surface area contributed by atoms with Crippen LogP contribution in [-0.4, -0.2) is 28.1 Å². The molecule has 0 saturated heterocycles. The van der Waals surface area contributed by atoms with Gasteiger partial charge in [0.1, 0.15) is 5.02 Å². The standard InChI is InChI=1S/C11H13ClN2O4/c1-11(2,16)6-13-10(15)7-3-4-8(12)9(5-7)14(17)18/h3-5,16H,6H2,1-2H3,(H,13,15). The van der Waals surface area contributed by atoms with Crippen molar-refractivity contribution in [3.63, 3.8) is 0 Å². The number of nitrogens with zero attached hydrogens (tertiary/aromatic N) is 1. The molecule has 7 heteroatoms. The van der Waals surface area contributed by atoms with E-state index in [1.807, 2.05) is 0 Å². The third-order valence-electron chi connectivity index (χ3n) is 2.09. The van der Waals surface area contributed by atoms with Crippen LogP contribution >= 0.6 is 11.6 Å². The second-order valence-electron chi connectivity index (χ2n) is 4.42. The molecule has 18 heavy (non-hydrogen) atoms. The molecular weight excluding hydrogens is 260 g/mol. The predicted octanol–water partition coefficient (Wildman–Crippen LogP) is 1.75. The molecule has 1 aromatic rings. The third kappa shape index (κ3) is 3.97. The van der Waals surface area contributed by atoms with Crippen molar-refractivity contribution in [2.45, 2.75) is 19.4 Å². The van der Waals surface area contributed by atoms with Crippen LogP contribution in [0, 0.1) is 10.1 Å². The van der Waals surface area contributed by atoms with Gasteiger partial charge in [0.15, 0.2) is 0 Å². The zero-order valence-corrected chi connectivity index (χ0v) is 10.7. The van der Waals surface area contributed by atoms with E-state index in [-0.39, 0.29) is 22.8 Å². The topological polar surface area (TPSA) is 92.5 Å². The predicted molar refractivity (Wildman–Crippen MR) is 66.7 cm³/mol. The molecule has 0 radical (unpaired) electrons. The molecule has 0 aliphatic heterocycles. The molecule has 0 heterocycles. The largest absolute Gasteiger partial charge is 0.389 e. The van der Waals surface area contributed by atoms with Crippen molar-refractivity contribution in [1.82, 2.24) is 5.32 Å². The van der Waals surface area contributed by atoms with Gasteiger partial charge >= 0.3 is 0 Å². The lowest BCUT2D eigenvalue weighted by Gasteiger charge is -2.17. The first kappa shape index (κ1) is 14.4. The van der Waals surface area contributed by atoms with Crippen LogP contribution < -0.4 is 5.32 Å². The molecule has 0 unspecified atom stereocenters. The smallest absolute Gasteiger partial charge is 0.288 e. The number of halogens is 1. The van der Waals surface area contributed by atoms with Crippen molar-refractivity contribution in [1.29, 1.82) is 0 Å². The van der Waals surface area contributed by atoms with Gasteiger partial charge < -0.3 is 10.4 Å². The molecule has 0 aliphatic rings. The molecule has 0 fully saturated rings. The minimum atomic E-state index is -1.05. The Morgan fingerprint density at radius 3 is 2.67 bits per heavy atom. The number of carbonyl (C=O) groups excluding carboxylic acids is 1. The van der Waals surface area contributed by atoms with Gasteiger partial charge in [-0.3, -0.25) is 14.9 Å². The highest BCUT2D eigenvalue weighted by molar-refractivity contribution is 6.32. The van der Waals surface area contributed by atoms with Crippen LogP contribution in [0.1, 0.15) is 24.2 Å². The zero-order chi connectivity index (χ0) is 13.9. The van der Waals surface area contributed by atoms with Crippen LogP contribution in [-0.2, 0) is 0 Å². The zero-order valence-electron chi connectivity index (χ0n) is 9.94. The van der Waals surface area contributed by atoms with E-state index in [2.05, 4.69) is 5.32 Å². The van der Waals surface area contributed by atoms with E-state index in [0.29, 0.717) is 0 Å². The SMILES string of the molecule is CC(C)(O)CNC(=O)c1ccc(Cl)c([N+](=O)[O-])c1. The fraction of sp³-hybridized carbons (Fsp3) is 0.364. The van der Waals surface area contributed by atoms with Gasteiger partial charge in [0.2, 0.25) is 0 Å². The summed E-state index contributed by atoms with van der Waals surface area (Å²) in [5.41, 5.74) is -1.25. The van der Waals surface area contributed by atoms with Crippen molar-refractivity contribution in [2.75, 3.05) is 6.54 Å². The Labute approximate surface area is 109 Å². The summed E-state index contributed by atoms with van der Waals surface area (Å²) in [7, 11) is 0. The molecule has 2 N–H and O–H groups in total. The van der Waals surface area contributed by atoms with Crippen LogP contribution in [0.2, 0.25) is 5.02 Å². The van der Waals surface area contributed by atoms with Gasteiger partial charge in [-0.15, -0.1) is 0 Å². The van der Waals surface area contributed by atoms with Gasteiger partial charge in [-0.1, -0.05) is 11.6 Å². The molecule has 1 aromatic carbocycles. The number of rotatable bonds is 4. The van der Waals surface area contributed by atoms with Crippen LogP contribution in [0.15, 0.2) is 18.2 Å². The first-order chi connectivity index (χ1) is 8.20. The Morgan fingerprint density at radius 1 is 1.56 bits per heavy atom. The summed E-state index contributed by atoms with van der Waals surface area (Å²) in [4.78, 5) is 21.7. The average molecular weight is 273 g/mol. The molecule has 0 aromatic heterocycles. The summed E-state index contributed by atoms with van der Waals surface area (Å²) in [5.74, 6) is -0.503. The van der Waals surface area contributed by atoms with Gasteiger partial charge in [0.05, 0.1) is 10.5 Å². The Balaban J connectivity index is 2.87. The minimum absolute atomic E-state index is 0.0287. The van der Waals surface area contributed by atoms with Crippen LogP contribution in [0.4, 0.5) is 5.69 Å².